The van der Waals surface area contributed by atoms with Crippen LogP contribution in [0.25, 0.3) is 11.2 Å². The van der Waals surface area contributed by atoms with Crippen molar-refractivity contribution in [2.45, 2.75) is 18.9 Å². The maximum Gasteiger partial charge on any atom is 0.307 e. The van der Waals surface area contributed by atoms with E-state index in [0.717, 1.165) is 25.9 Å². The fraction of sp³-hybridized carbons (Fsp3) is 0.625. The SMILES string of the molecule is CNNc1nc(N2CCOCC2)c2nc(C(=O)NC3CCNCC3)oc2n1. The number of amides is 1. The lowest BCUT2D eigenvalue weighted by Gasteiger charge is -2.27. The Labute approximate surface area is 156 Å². The lowest BCUT2D eigenvalue weighted by atomic mass is 10.1. The number of rotatable bonds is 5. The van der Waals surface area contributed by atoms with E-state index in [9.17, 15) is 4.79 Å². The third-order valence-corrected chi connectivity index (χ3v) is 4.66. The minimum absolute atomic E-state index is 0.00829. The predicted molar refractivity (Wildman–Crippen MR) is 98.7 cm³/mol. The maximum absolute atomic E-state index is 12.6. The van der Waals surface area contributed by atoms with Crippen LogP contribution in [0.4, 0.5) is 11.8 Å². The number of aromatic nitrogens is 3. The van der Waals surface area contributed by atoms with Crippen molar-refractivity contribution >= 4 is 28.9 Å². The van der Waals surface area contributed by atoms with Gasteiger partial charge in [0, 0.05) is 26.2 Å². The normalized spacial score (nSPS) is 18.6. The zero-order chi connectivity index (χ0) is 18.6. The zero-order valence-electron chi connectivity index (χ0n) is 15.2. The fourth-order valence-electron chi connectivity index (χ4n) is 3.28. The zero-order valence-corrected chi connectivity index (χ0v) is 15.2. The summed E-state index contributed by atoms with van der Waals surface area (Å²) >= 11 is 0. The van der Waals surface area contributed by atoms with E-state index in [1.54, 1.807) is 7.05 Å². The number of fused-ring (bicyclic) bond motifs is 1. The molecule has 0 unspecified atom stereocenters. The number of morpholine rings is 1. The van der Waals surface area contributed by atoms with Crippen molar-refractivity contribution in [2.24, 2.45) is 0 Å². The van der Waals surface area contributed by atoms with Crippen molar-refractivity contribution < 1.29 is 13.9 Å². The van der Waals surface area contributed by atoms with Gasteiger partial charge in [-0.25, -0.2) is 5.43 Å². The average Bonchev–Trinajstić information content (AvgIpc) is 3.13. The summed E-state index contributed by atoms with van der Waals surface area (Å²) in [5, 5.41) is 6.26. The molecule has 0 spiro atoms. The molecule has 11 heteroatoms. The first-order valence-electron chi connectivity index (χ1n) is 9.20. The molecule has 146 valence electrons. The highest BCUT2D eigenvalue weighted by molar-refractivity contribution is 5.94. The summed E-state index contributed by atoms with van der Waals surface area (Å²) in [6.45, 7) is 4.39. The number of carbonyl (C=O) groups is 1. The molecular formula is C16H24N8O3. The smallest absolute Gasteiger partial charge is 0.307 e. The summed E-state index contributed by atoms with van der Waals surface area (Å²) < 4.78 is 11.1. The first-order chi connectivity index (χ1) is 13.2. The van der Waals surface area contributed by atoms with Crippen LogP contribution in [0.5, 0.6) is 0 Å². The second-order valence-electron chi connectivity index (χ2n) is 6.52. The van der Waals surface area contributed by atoms with Gasteiger partial charge >= 0.3 is 5.91 Å². The predicted octanol–water partition coefficient (Wildman–Crippen LogP) is -0.517. The van der Waals surface area contributed by atoms with Gasteiger partial charge < -0.3 is 24.7 Å². The molecule has 11 nitrogen and oxygen atoms in total. The molecule has 2 aromatic rings. The second-order valence-corrected chi connectivity index (χ2v) is 6.52. The minimum atomic E-state index is -0.323. The van der Waals surface area contributed by atoms with Crippen LogP contribution in [0.15, 0.2) is 4.42 Å². The quantitative estimate of drug-likeness (QED) is 0.506. The highest BCUT2D eigenvalue weighted by Crippen LogP contribution is 2.26. The molecule has 0 aromatic carbocycles. The molecule has 27 heavy (non-hydrogen) atoms. The third kappa shape index (κ3) is 3.94. The number of nitrogens with one attached hydrogen (secondary N) is 4. The molecule has 2 aliphatic heterocycles. The summed E-state index contributed by atoms with van der Waals surface area (Å²) in [6.07, 6.45) is 1.78. The third-order valence-electron chi connectivity index (χ3n) is 4.66. The molecule has 0 saturated carbocycles. The monoisotopic (exact) mass is 376 g/mol. The number of hydrazine groups is 1. The molecule has 2 aliphatic rings. The van der Waals surface area contributed by atoms with Crippen LogP contribution < -0.4 is 26.4 Å². The van der Waals surface area contributed by atoms with Crippen molar-refractivity contribution in [3.8, 4) is 0 Å². The van der Waals surface area contributed by atoms with Crippen LogP contribution in [-0.4, -0.2) is 73.3 Å². The summed E-state index contributed by atoms with van der Waals surface area (Å²) in [7, 11) is 1.72. The molecule has 2 saturated heterocycles. The Balaban J connectivity index is 1.63. The van der Waals surface area contributed by atoms with Crippen LogP contribution in [0, 0.1) is 0 Å². The van der Waals surface area contributed by atoms with Crippen LogP contribution >= 0.6 is 0 Å². The van der Waals surface area contributed by atoms with Crippen molar-refractivity contribution in [3.05, 3.63) is 5.89 Å². The van der Waals surface area contributed by atoms with Crippen molar-refractivity contribution in [3.63, 3.8) is 0 Å². The van der Waals surface area contributed by atoms with Gasteiger partial charge in [-0.1, -0.05) is 0 Å². The Morgan fingerprint density at radius 3 is 2.70 bits per heavy atom. The van der Waals surface area contributed by atoms with E-state index in [1.165, 1.54) is 0 Å². The Morgan fingerprint density at radius 1 is 1.19 bits per heavy atom. The van der Waals surface area contributed by atoms with E-state index in [0.29, 0.717) is 43.6 Å². The Hall–Kier alpha value is -2.50. The number of hydrogen-bond donors (Lipinski definition) is 4. The Morgan fingerprint density at radius 2 is 1.96 bits per heavy atom. The molecule has 4 N–H and O–H groups in total. The summed E-state index contributed by atoms with van der Waals surface area (Å²) in [6, 6.07) is 0.125. The topological polar surface area (TPSA) is 129 Å². The van der Waals surface area contributed by atoms with E-state index in [-0.39, 0.29) is 23.6 Å². The van der Waals surface area contributed by atoms with Gasteiger partial charge in [-0.3, -0.25) is 10.2 Å². The largest absolute Gasteiger partial charge is 0.413 e. The van der Waals surface area contributed by atoms with Gasteiger partial charge in [-0.2, -0.15) is 15.0 Å². The van der Waals surface area contributed by atoms with E-state index in [1.807, 2.05) is 0 Å². The number of ether oxygens (including phenoxy) is 1. The van der Waals surface area contributed by atoms with Gasteiger partial charge in [0.25, 0.3) is 11.6 Å². The van der Waals surface area contributed by atoms with Gasteiger partial charge in [0.05, 0.1) is 13.2 Å². The Bertz CT molecular complexity index is 798. The molecule has 2 fully saturated rings. The highest BCUT2D eigenvalue weighted by Gasteiger charge is 2.25. The summed E-state index contributed by atoms with van der Waals surface area (Å²) in [5.74, 6) is 0.670. The molecule has 0 atom stereocenters. The molecule has 2 aromatic heterocycles. The average molecular weight is 376 g/mol. The highest BCUT2D eigenvalue weighted by atomic mass is 16.5. The van der Waals surface area contributed by atoms with Gasteiger partial charge in [-0.05, 0) is 25.9 Å². The van der Waals surface area contributed by atoms with Gasteiger partial charge in [0.2, 0.25) is 5.95 Å². The molecule has 0 bridgehead atoms. The van der Waals surface area contributed by atoms with Crippen molar-refractivity contribution in [1.29, 1.82) is 0 Å². The fourth-order valence-corrected chi connectivity index (χ4v) is 3.28. The van der Waals surface area contributed by atoms with E-state index in [4.69, 9.17) is 9.15 Å². The van der Waals surface area contributed by atoms with Crippen LogP contribution in [0.2, 0.25) is 0 Å². The molecule has 1 amide bonds. The molecule has 4 rings (SSSR count). The second kappa shape index (κ2) is 8.03. The van der Waals surface area contributed by atoms with Gasteiger partial charge in [0.1, 0.15) is 0 Å². The van der Waals surface area contributed by atoms with E-state index >= 15 is 0 Å². The number of hydrogen-bond acceptors (Lipinski definition) is 10. The molecule has 4 heterocycles. The van der Waals surface area contributed by atoms with Crippen LogP contribution in [0.1, 0.15) is 23.5 Å². The number of piperidine rings is 1. The maximum atomic E-state index is 12.6. The standard InChI is InChI=1S/C16H24N8O3/c1-17-23-16-21-12(24-6-8-26-9-7-24)11-14(22-16)27-15(20-11)13(25)19-10-2-4-18-5-3-10/h10,17-18H,2-9H2,1H3,(H,19,25)(H,21,22,23). The number of carbonyl (C=O) groups excluding carboxylic acids is 1. The number of oxazole rings is 1. The lowest BCUT2D eigenvalue weighted by molar-refractivity contribution is 0.0896. The molecule has 0 radical (unpaired) electrons. The lowest BCUT2D eigenvalue weighted by Crippen LogP contribution is -2.42. The molecular weight excluding hydrogens is 352 g/mol. The Kier molecular flexibility index (Phi) is 5.32. The first-order valence-corrected chi connectivity index (χ1v) is 9.20. The van der Waals surface area contributed by atoms with E-state index < -0.39 is 0 Å². The number of anilines is 2. The number of nitrogens with zero attached hydrogens (tertiary/aromatic N) is 4. The van der Waals surface area contributed by atoms with Crippen molar-refractivity contribution in [1.82, 2.24) is 31.0 Å². The van der Waals surface area contributed by atoms with E-state index in [2.05, 4.69) is 41.3 Å². The summed E-state index contributed by atoms with van der Waals surface area (Å²) in [4.78, 5) is 27.9. The summed E-state index contributed by atoms with van der Waals surface area (Å²) in [5.41, 5.74) is 6.41. The van der Waals surface area contributed by atoms with Crippen LogP contribution in [-0.2, 0) is 4.74 Å². The van der Waals surface area contributed by atoms with Gasteiger partial charge in [0.15, 0.2) is 11.3 Å². The van der Waals surface area contributed by atoms with Crippen LogP contribution in [0.3, 0.4) is 0 Å². The van der Waals surface area contributed by atoms with Crippen molar-refractivity contribution in [2.75, 3.05) is 56.8 Å². The minimum Gasteiger partial charge on any atom is -0.413 e. The first kappa shape index (κ1) is 17.9. The molecule has 0 aliphatic carbocycles. The van der Waals surface area contributed by atoms with Gasteiger partial charge in [-0.15, -0.1) is 0 Å².